The smallest absolute Gasteiger partial charge is 0.410 e. The van der Waals surface area contributed by atoms with Crippen LogP contribution in [-0.2, 0) is 9.47 Å². The highest BCUT2D eigenvalue weighted by Crippen LogP contribution is 2.24. The van der Waals surface area contributed by atoms with Gasteiger partial charge in [-0.15, -0.1) is 11.3 Å². The molecular formula is C15H24N2O3S. The van der Waals surface area contributed by atoms with Crippen LogP contribution in [0, 0.1) is 5.92 Å². The van der Waals surface area contributed by atoms with E-state index in [2.05, 4.69) is 4.98 Å². The topological polar surface area (TPSA) is 51.7 Å². The molecule has 1 fully saturated rings. The summed E-state index contributed by atoms with van der Waals surface area (Å²) >= 11 is 1.60. The zero-order chi connectivity index (χ0) is 15.5. The van der Waals surface area contributed by atoms with Crippen LogP contribution in [-0.4, -0.2) is 41.3 Å². The number of amides is 1. The zero-order valence-electron chi connectivity index (χ0n) is 13.2. The maximum atomic E-state index is 12.0. The quantitative estimate of drug-likeness (QED) is 0.854. The Morgan fingerprint density at radius 1 is 1.57 bits per heavy atom. The molecule has 2 atom stereocenters. The van der Waals surface area contributed by atoms with Crippen LogP contribution in [0.15, 0.2) is 11.6 Å². The van der Waals surface area contributed by atoms with Gasteiger partial charge in [0.1, 0.15) is 16.7 Å². The van der Waals surface area contributed by atoms with Crippen molar-refractivity contribution in [3.8, 4) is 0 Å². The number of thiazole rings is 1. The third kappa shape index (κ3) is 4.97. The SMILES string of the molecule is C[C@@H](OC[C@H]1CCN(C(=O)OC(C)(C)C)C1)c1nccs1. The molecule has 1 amide bonds. The molecule has 1 aliphatic heterocycles. The van der Waals surface area contributed by atoms with Gasteiger partial charge < -0.3 is 14.4 Å². The number of carbonyl (C=O) groups is 1. The molecule has 1 saturated heterocycles. The summed E-state index contributed by atoms with van der Waals surface area (Å²) in [5, 5.41) is 2.95. The number of aromatic nitrogens is 1. The van der Waals surface area contributed by atoms with Gasteiger partial charge in [-0.1, -0.05) is 0 Å². The molecule has 6 heteroatoms. The second kappa shape index (κ2) is 6.75. The van der Waals surface area contributed by atoms with Gasteiger partial charge in [0.15, 0.2) is 0 Å². The van der Waals surface area contributed by atoms with Gasteiger partial charge >= 0.3 is 6.09 Å². The van der Waals surface area contributed by atoms with Gasteiger partial charge in [-0.25, -0.2) is 9.78 Å². The van der Waals surface area contributed by atoms with E-state index in [1.807, 2.05) is 33.1 Å². The molecule has 118 valence electrons. The molecule has 2 rings (SSSR count). The molecule has 5 nitrogen and oxygen atoms in total. The van der Waals surface area contributed by atoms with E-state index in [0.29, 0.717) is 19.1 Å². The fraction of sp³-hybridized carbons (Fsp3) is 0.733. The van der Waals surface area contributed by atoms with Gasteiger partial charge in [0, 0.05) is 30.6 Å². The average molecular weight is 312 g/mol. The largest absolute Gasteiger partial charge is 0.444 e. The molecule has 0 saturated carbocycles. The van der Waals surface area contributed by atoms with Gasteiger partial charge in [-0.2, -0.15) is 0 Å². The molecule has 0 aliphatic carbocycles. The third-order valence-electron chi connectivity index (χ3n) is 3.32. The number of hydrogen-bond acceptors (Lipinski definition) is 5. The van der Waals surface area contributed by atoms with E-state index in [-0.39, 0.29) is 12.2 Å². The first-order chi connectivity index (χ1) is 9.85. The summed E-state index contributed by atoms with van der Waals surface area (Å²) < 4.78 is 11.3. The maximum Gasteiger partial charge on any atom is 0.410 e. The fourth-order valence-corrected chi connectivity index (χ4v) is 2.89. The van der Waals surface area contributed by atoms with Crippen LogP contribution in [0.25, 0.3) is 0 Å². The van der Waals surface area contributed by atoms with Crippen molar-refractivity contribution in [2.75, 3.05) is 19.7 Å². The standard InChI is InChI=1S/C15H24N2O3S/c1-11(13-16-6-8-21-13)19-10-12-5-7-17(9-12)14(18)20-15(2,3)4/h6,8,11-12H,5,7,9-10H2,1-4H3/t11-,12+/m1/s1. The maximum absolute atomic E-state index is 12.0. The van der Waals surface area contributed by atoms with Crippen LogP contribution < -0.4 is 0 Å². The first kappa shape index (κ1) is 16.2. The predicted molar refractivity (Wildman–Crippen MR) is 82.4 cm³/mol. The van der Waals surface area contributed by atoms with Crippen LogP contribution in [0.3, 0.4) is 0 Å². The van der Waals surface area contributed by atoms with Crippen molar-refractivity contribution in [1.29, 1.82) is 0 Å². The van der Waals surface area contributed by atoms with E-state index in [0.717, 1.165) is 18.0 Å². The summed E-state index contributed by atoms with van der Waals surface area (Å²) in [5.41, 5.74) is -0.439. The highest BCUT2D eigenvalue weighted by Gasteiger charge is 2.30. The van der Waals surface area contributed by atoms with Gasteiger partial charge in [0.25, 0.3) is 0 Å². The van der Waals surface area contributed by atoms with Crippen molar-refractivity contribution >= 4 is 17.4 Å². The first-order valence-electron chi connectivity index (χ1n) is 7.34. The van der Waals surface area contributed by atoms with E-state index in [1.54, 1.807) is 22.4 Å². The summed E-state index contributed by atoms with van der Waals surface area (Å²) in [7, 11) is 0. The summed E-state index contributed by atoms with van der Waals surface area (Å²) in [5.74, 6) is 0.375. The van der Waals surface area contributed by atoms with Gasteiger partial charge in [-0.05, 0) is 34.1 Å². The molecule has 0 radical (unpaired) electrons. The lowest BCUT2D eigenvalue weighted by atomic mass is 10.1. The van der Waals surface area contributed by atoms with Gasteiger partial charge in [0.05, 0.1) is 6.61 Å². The Hall–Kier alpha value is -1.14. The summed E-state index contributed by atoms with van der Waals surface area (Å²) in [6, 6.07) is 0. The van der Waals surface area contributed by atoms with Gasteiger partial charge in [0.2, 0.25) is 0 Å². The minimum atomic E-state index is -0.439. The van der Waals surface area contributed by atoms with Crippen LogP contribution >= 0.6 is 11.3 Å². The Bertz CT molecular complexity index is 456. The third-order valence-corrected chi connectivity index (χ3v) is 4.26. The summed E-state index contributed by atoms with van der Waals surface area (Å²) in [6.45, 7) is 9.78. The van der Waals surface area contributed by atoms with Crippen molar-refractivity contribution in [3.05, 3.63) is 16.6 Å². The Labute approximate surface area is 130 Å². The summed E-state index contributed by atoms with van der Waals surface area (Å²) in [4.78, 5) is 18.0. The highest BCUT2D eigenvalue weighted by molar-refractivity contribution is 7.09. The van der Waals surface area contributed by atoms with Gasteiger partial charge in [-0.3, -0.25) is 0 Å². The van der Waals surface area contributed by atoms with Crippen molar-refractivity contribution in [2.45, 2.75) is 45.8 Å². The normalized spacial score (nSPS) is 20.6. The van der Waals surface area contributed by atoms with Crippen LogP contribution in [0.4, 0.5) is 4.79 Å². The second-order valence-corrected chi connectivity index (χ2v) is 7.35. The summed E-state index contributed by atoms with van der Waals surface area (Å²) in [6.07, 6.45) is 2.54. The molecule has 1 aliphatic rings. The second-order valence-electron chi connectivity index (χ2n) is 6.43. The molecule has 21 heavy (non-hydrogen) atoms. The fourth-order valence-electron chi connectivity index (χ4n) is 2.25. The number of nitrogens with zero attached hydrogens (tertiary/aromatic N) is 2. The minimum Gasteiger partial charge on any atom is -0.444 e. The van der Waals surface area contributed by atoms with Crippen LogP contribution in [0.1, 0.15) is 45.2 Å². The lowest BCUT2D eigenvalue weighted by Gasteiger charge is -2.24. The number of carbonyl (C=O) groups excluding carboxylic acids is 1. The Balaban J connectivity index is 1.74. The Morgan fingerprint density at radius 3 is 2.95 bits per heavy atom. The Kier molecular flexibility index (Phi) is 5.22. The molecule has 0 N–H and O–H groups in total. The monoisotopic (exact) mass is 312 g/mol. The van der Waals surface area contributed by atoms with Crippen LogP contribution in [0.2, 0.25) is 0 Å². The van der Waals surface area contributed by atoms with E-state index in [4.69, 9.17) is 9.47 Å². The lowest BCUT2D eigenvalue weighted by Crippen LogP contribution is -2.35. The van der Waals surface area contributed by atoms with Crippen molar-refractivity contribution in [3.63, 3.8) is 0 Å². The van der Waals surface area contributed by atoms with E-state index >= 15 is 0 Å². The van der Waals surface area contributed by atoms with E-state index in [9.17, 15) is 4.79 Å². The number of hydrogen-bond donors (Lipinski definition) is 0. The highest BCUT2D eigenvalue weighted by atomic mass is 32.1. The molecule has 2 heterocycles. The van der Waals surface area contributed by atoms with Crippen molar-refractivity contribution in [1.82, 2.24) is 9.88 Å². The molecule has 0 unspecified atom stereocenters. The molecular weight excluding hydrogens is 288 g/mol. The van der Waals surface area contributed by atoms with Crippen molar-refractivity contribution in [2.24, 2.45) is 5.92 Å². The van der Waals surface area contributed by atoms with Crippen molar-refractivity contribution < 1.29 is 14.3 Å². The molecule has 1 aromatic rings. The number of likely N-dealkylation sites (tertiary alicyclic amines) is 1. The molecule has 0 aromatic carbocycles. The van der Waals surface area contributed by atoms with Crippen LogP contribution in [0.5, 0.6) is 0 Å². The molecule has 0 bridgehead atoms. The zero-order valence-corrected chi connectivity index (χ0v) is 14.0. The predicted octanol–water partition coefficient (Wildman–Crippen LogP) is 3.48. The minimum absolute atomic E-state index is 0.0144. The lowest BCUT2D eigenvalue weighted by molar-refractivity contribution is 0.0234. The van der Waals surface area contributed by atoms with E-state index in [1.165, 1.54) is 0 Å². The van der Waals surface area contributed by atoms with E-state index < -0.39 is 5.60 Å². The number of ether oxygens (including phenoxy) is 2. The Morgan fingerprint density at radius 2 is 2.33 bits per heavy atom. The number of rotatable bonds is 4. The average Bonchev–Trinajstić information content (AvgIpc) is 3.05. The molecule has 0 spiro atoms. The molecule has 1 aromatic heterocycles. The first-order valence-corrected chi connectivity index (χ1v) is 8.22.